The lowest BCUT2D eigenvalue weighted by Gasteiger charge is -2.27. The molecule has 0 amide bonds. The number of benzene rings is 2. The van der Waals surface area contributed by atoms with Gasteiger partial charge in [0.05, 0.1) is 15.9 Å². The van der Waals surface area contributed by atoms with Gasteiger partial charge in [-0.15, -0.1) is 0 Å². The summed E-state index contributed by atoms with van der Waals surface area (Å²) in [6.45, 7) is 6.26. The Labute approximate surface area is 171 Å². The molecule has 29 heavy (non-hydrogen) atoms. The Morgan fingerprint density at radius 1 is 0.966 bits per heavy atom. The van der Waals surface area contributed by atoms with E-state index in [0.717, 1.165) is 17.7 Å². The molecule has 1 atom stereocenters. The lowest BCUT2D eigenvalue weighted by molar-refractivity contribution is -0.384. The lowest BCUT2D eigenvalue weighted by Crippen LogP contribution is -2.38. The first-order chi connectivity index (χ1) is 13.5. The molecule has 0 aliphatic carbocycles. The minimum absolute atomic E-state index is 0.0474. The van der Waals surface area contributed by atoms with Crippen LogP contribution in [0.4, 0.5) is 5.69 Å². The molecule has 0 aromatic heterocycles. The second-order valence-corrected chi connectivity index (χ2v) is 9.28. The third-order valence-electron chi connectivity index (χ3n) is 4.51. The maximum atomic E-state index is 12.9. The number of nitro groups is 1. The van der Waals surface area contributed by atoms with Crippen LogP contribution in [0.5, 0.6) is 0 Å². The predicted molar refractivity (Wildman–Crippen MR) is 109 cm³/mol. The van der Waals surface area contributed by atoms with Crippen LogP contribution >= 0.6 is 0 Å². The predicted octanol–water partition coefficient (Wildman–Crippen LogP) is 3.53. The third-order valence-corrected chi connectivity index (χ3v) is 5.97. The van der Waals surface area contributed by atoms with Gasteiger partial charge in [0.1, 0.15) is 0 Å². The fourth-order valence-electron chi connectivity index (χ4n) is 2.82. The standard InChI is InChI=1S/C20H26N2O6S/c1-20(2,3)15-8-6-14(7-9-15)18(19(27-4)28-5)21-29(25,26)17-12-10-16(11-13-17)22(23)24/h6-13,18-19,21H,1-5H3. The Morgan fingerprint density at radius 3 is 1.90 bits per heavy atom. The van der Waals surface area contributed by atoms with E-state index in [1.54, 1.807) is 0 Å². The highest BCUT2D eigenvalue weighted by molar-refractivity contribution is 7.89. The van der Waals surface area contributed by atoms with E-state index in [9.17, 15) is 18.5 Å². The van der Waals surface area contributed by atoms with Gasteiger partial charge in [-0.05, 0) is 28.7 Å². The summed E-state index contributed by atoms with van der Waals surface area (Å²) in [6, 6.07) is 11.4. The van der Waals surface area contributed by atoms with Crippen molar-refractivity contribution in [3.8, 4) is 0 Å². The van der Waals surface area contributed by atoms with Gasteiger partial charge in [0.25, 0.3) is 5.69 Å². The van der Waals surface area contributed by atoms with Gasteiger partial charge in [0.2, 0.25) is 10.0 Å². The molecule has 0 saturated carbocycles. The van der Waals surface area contributed by atoms with E-state index >= 15 is 0 Å². The first-order valence-corrected chi connectivity index (χ1v) is 10.4. The molecule has 9 heteroatoms. The molecule has 0 aliphatic rings. The van der Waals surface area contributed by atoms with Gasteiger partial charge >= 0.3 is 0 Å². The maximum absolute atomic E-state index is 12.9. The van der Waals surface area contributed by atoms with Crippen LogP contribution in [0, 0.1) is 10.1 Å². The molecule has 0 aliphatic heterocycles. The van der Waals surface area contributed by atoms with Crippen LogP contribution in [-0.4, -0.2) is 33.9 Å². The van der Waals surface area contributed by atoms with Crippen LogP contribution in [-0.2, 0) is 24.9 Å². The second kappa shape index (κ2) is 9.00. The summed E-state index contributed by atoms with van der Waals surface area (Å²) in [5.74, 6) is 0. The number of hydrogen-bond donors (Lipinski definition) is 1. The van der Waals surface area contributed by atoms with Gasteiger partial charge in [-0.25, -0.2) is 8.42 Å². The van der Waals surface area contributed by atoms with Crippen LogP contribution in [0.15, 0.2) is 53.4 Å². The Bertz CT molecular complexity index is 930. The number of ether oxygens (including phenoxy) is 2. The van der Waals surface area contributed by atoms with Crippen molar-refractivity contribution in [3.05, 3.63) is 69.8 Å². The van der Waals surface area contributed by atoms with Gasteiger partial charge in [-0.3, -0.25) is 10.1 Å². The van der Waals surface area contributed by atoms with Gasteiger partial charge in [-0.1, -0.05) is 45.0 Å². The Kier molecular flexibility index (Phi) is 7.12. The zero-order valence-electron chi connectivity index (χ0n) is 17.1. The van der Waals surface area contributed by atoms with E-state index in [1.807, 2.05) is 24.3 Å². The smallest absolute Gasteiger partial charge is 0.269 e. The number of rotatable bonds is 8. The van der Waals surface area contributed by atoms with Crippen molar-refractivity contribution < 1.29 is 22.8 Å². The van der Waals surface area contributed by atoms with E-state index < -0.39 is 27.3 Å². The number of non-ortho nitro benzene ring substituents is 1. The summed E-state index contributed by atoms with van der Waals surface area (Å²) < 4.78 is 38.9. The minimum atomic E-state index is -3.99. The summed E-state index contributed by atoms with van der Waals surface area (Å²) in [6.07, 6.45) is -0.872. The highest BCUT2D eigenvalue weighted by atomic mass is 32.2. The molecule has 2 aromatic rings. The van der Waals surface area contributed by atoms with Crippen LogP contribution < -0.4 is 4.72 Å². The van der Waals surface area contributed by atoms with Crippen LogP contribution in [0.25, 0.3) is 0 Å². The average Bonchev–Trinajstić information content (AvgIpc) is 2.67. The molecule has 0 radical (unpaired) electrons. The van der Waals surface area contributed by atoms with Crippen molar-refractivity contribution >= 4 is 15.7 Å². The maximum Gasteiger partial charge on any atom is 0.269 e. The van der Waals surface area contributed by atoms with Crippen LogP contribution in [0.1, 0.15) is 37.9 Å². The molecule has 2 rings (SSSR count). The number of nitrogens with zero attached hydrogens (tertiary/aromatic N) is 1. The number of hydrogen-bond acceptors (Lipinski definition) is 6. The van der Waals surface area contributed by atoms with Gasteiger partial charge in [-0.2, -0.15) is 4.72 Å². The van der Waals surface area contributed by atoms with Gasteiger partial charge in [0, 0.05) is 26.4 Å². The van der Waals surface area contributed by atoms with Crippen molar-refractivity contribution in [2.24, 2.45) is 0 Å². The SMILES string of the molecule is COC(OC)C(NS(=O)(=O)c1ccc([N+](=O)[O-])cc1)c1ccc(C(C)(C)C)cc1. The first-order valence-electron chi connectivity index (χ1n) is 8.92. The molecule has 2 aromatic carbocycles. The van der Waals surface area contributed by atoms with Crippen LogP contribution in [0.2, 0.25) is 0 Å². The summed E-state index contributed by atoms with van der Waals surface area (Å²) in [4.78, 5) is 10.1. The molecule has 0 spiro atoms. The Hall–Kier alpha value is -2.33. The van der Waals surface area contributed by atoms with Gasteiger partial charge < -0.3 is 9.47 Å². The van der Waals surface area contributed by atoms with E-state index in [2.05, 4.69) is 25.5 Å². The second-order valence-electron chi connectivity index (χ2n) is 7.56. The quantitative estimate of drug-likeness (QED) is 0.396. The fraction of sp³-hybridized carbons (Fsp3) is 0.400. The molecule has 158 valence electrons. The van der Waals surface area contributed by atoms with E-state index in [0.29, 0.717) is 5.56 Å². The highest BCUT2D eigenvalue weighted by Crippen LogP contribution is 2.27. The van der Waals surface area contributed by atoms with Crippen molar-refractivity contribution in [3.63, 3.8) is 0 Å². The zero-order chi connectivity index (χ0) is 21.8. The normalized spacial score (nSPS) is 13.4. The summed E-state index contributed by atoms with van der Waals surface area (Å²) in [5.41, 5.74) is 1.53. The Morgan fingerprint density at radius 2 is 1.48 bits per heavy atom. The number of methoxy groups -OCH3 is 2. The number of nitro benzene ring substituents is 1. The molecule has 0 saturated heterocycles. The van der Waals surface area contributed by atoms with Crippen molar-refractivity contribution in [1.29, 1.82) is 0 Å². The molecule has 0 heterocycles. The molecular weight excluding hydrogens is 396 g/mol. The van der Waals surface area contributed by atoms with E-state index in [-0.39, 0.29) is 16.0 Å². The van der Waals surface area contributed by atoms with Gasteiger partial charge in [0.15, 0.2) is 6.29 Å². The van der Waals surface area contributed by atoms with Crippen LogP contribution in [0.3, 0.4) is 0 Å². The lowest BCUT2D eigenvalue weighted by atomic mass is 9.86. The molecule has 1 N–H and O–H groups in total. The molecule has 0 bridgehead atoms. The first kappa shape index (κ1) is 23.0. The van der Waals surface area contributed by atoms with E-state index in [1.165, 1.54) is 26.4 Å². The number of sulfonamides is 1. The topological polar surface area (TPSA) is 108 Å². The largest absolute Gasteiger partial charge is 0.354 e. The zero-order valence-corrected chi connectivity index (χ0v) is 17.9. The van der Waals surface area contributed by atoms with Crippen molar-refractivity contribution in [1.82, 2.24) is 4.72 Å². The highest BCUT2D eigenvalue weighted by Gasteiger charge is 2.29. The van der Waals surface area contributed by atoms with Crippen molar-refractivity contribution in [2.45, 2.75) is 43.4 Å². The van der Waals surface area contributed by atoms with Crippen molar-refractivity contribution in [2.75, 3.05) is 14.2 Å². The summed E-state index contributed by atoms with van der Waals surface area (Å²) in [5, 5.41) is 10.8. The average molecular weight is 423 g/mol. The monoisotopic (exact) mass is 422 g/mol. The molecule has 0 fully saturated rings. The summed E-state index contributed by atoms with van der Waals surface area (Å²) >= 11 is 0. The fourth-order valence-corrected chi connectivity index (χ4v) is 4.03. The summed E-state index contributed by atoms with van der Waals surface area (Å²) in [7, 11) is -1.14. The minimum Gasteiger partial charge on any atom is -0.354 e. The molecule has 1 unspecified atom stereocenters. The third kappa shape index (κ3) is 5.60. The Balaban J connectivity index is 2.38. The van der Waals surface area contributed by atoms with E-state index in [4.69, 9.17) is 9.47 Å². The number of nitrogens with one attached hydrogen (secondary N) is 1. The molecule has 8 nitrogen and oxygen atoms in total. The molecular formula is C20H26N2O6S.